The SMILES string of the molecule is O=S(=O)(Nc1ccc2c(/C=C/c3ccc(Cl)cc3)cccc2c1)C(F)(F)F. The van der Waals surface area contributed by atoms with Crippen LogP contribution < -0.4 is 4.72 Å². The van der Waals surface area contributed by atoms with Crippen molar-refractivity contribution < 1.29 is 21.6 Å². The molecule has 140 valence electrons. The number of hydrogen-bond acceptors (Lipinski definition) is 2. The normalized spacial score (nSPS) is 12.6. The number of sulfonamides is 1. The number of fused-ring (bicyclic) bond motifs is 1. The largest absolute Gasteiger partial charge is 0.516 e. The van der Waals surface area contributed by atoms with E-state index in [1.807, 2.05) is 30.4 Å². The van der Waals surface area contributed by atoms with Gasteiger partial charge in [0.25, 0.3) is 0 Å². The Bertz CT molecular complexity index is 1110. The summed E-state index contributed by atoms with van der Waals surface area (Å²) in [6.07, 6.45) is 3.75. The molecule has 27 heavy (non-hydrogen) atoms. The fourth-order valence-electron chi connectivity index (χ4n) is 2.49. The average molecular weight is 412 g/mol. The van der Waals surface area contributed by atoms with Gasteiger partial charge in [-0.3, -0.25) is 4.72 Å². The van der Waals surface area contributed by atoms with Crippen LogP contribution in [-0.4, -0.2) is 13.9 Å². The van der Waals surface area contributed by atoms with Crippen LogP contribution in [-0.2, 0) is 10.0 Å². The summed E-state index contributed by atoms with van der Waals surface area (Å²) >= 11 is 5.85. The Morgan fingerprint density at radius 3 is 2.30 bits per heavy atom. The first kappa shape index (κ1) is 19.3. The van der Waals surface area contributed by atoms with Crippen LogP contribution in [0.3, 0.4) is 0 Å². The third-order valence-corrected chi connectivity index (χ3v) is 5.16. The highest BCUT2D eigenvalue weighted by molar-refractivity contribution is 7.93. The summed E-state index contributed by atoms with van der Waals surface area (Å²) < 4.78 is 61.6. The number of hydrogen-bond donors (Lipinski definition) is 1. The van der Waals surface area contributed by atoms with Crippen LogP contribution in [0.15, 0.2) is 60.7 Å². The van der Waals surface area contributed by atoms with Gasteiger partial charge < -0.3 is 0 Å². The van der Waals surface area contributed by atoms with Gasteiger partial charge in [0, 0.05) is 10.7 Å². The van der Waals surface area contributed by atoms with E-state index < -0.39 is 15.5 Å². The number of benzene rings is 3. The van der Waals surface area contributed by atoms with Crippen molar-refractivity contribution in [2.45, 2.75) is 5.51 Å². The smallest absolute Gasteiger partial charge is 0.276 e. The molecule has 0 unspecified atom stereocenters. The molecule has 0 bridgehead atoms. The summed E-state index contributed by atoms with van der Waals surface area (Å²) in [5.74, 6) is 0. The lowest BCUT2D eigenvalue weighted by molar-refractivity contribution is -0.0429. The van der Waals surface area contributed by atoms with E-state index in [9.17, 15) is 21.6 Å². The van der Waals surface area contributed by atoms with E-state index in [-0.39, 0.29) is 5.69 Å². The first-order valence-corrected chi connectivity index (χ1v) is 9.57. The lowest BCUT2D eigenvalue weighted by Gasteiger charge is -2.11. The van der Waals surface area contributed by atoms with Crippen LogP contribution in [0.5, 0.6) is 0 Å². The summed E-state index contributed by atoms with van der Waals surface area (Å²) in [6.45, 7) is 0. The van der Waals surface area contributed by atoms with Crippen molar-refractivity contribution >= 4 is 50.2 Å². The van der Waals surface area contributed by atoms with Crippen LogP contribution in [0.1, 0.15) is 11.1 Å². The molecule has 0 radical (unpaired) electrons. The zero-order valence-corrected chi connectivity index (χ0v) is 15.2. The molecule has 0 spiro atoms. The summed E-state index contributed by atoms with van der Waals surface area (Å²) in [7, 11) is -5.45. The molecule has 0 fully saturated rings. The zero-order valence-electron chi connectivity index (χ0n) is 13.7. The Hall–Kier alpha value is -2.51. The minimum absolute atomic E-state index is 0.154. The van der Waals surface area contributed by atoms with E-state index in [1.165, 1.54) is 12.1 Å². The fraction of sp³-hybridized carbons (Fsp3) is 0.0526. The minimum atomic E-state index is -5.45. The highest BCUT2D eigenvalue weighted by atomic mass is 35.5. The molecule has 0 atom stereocenters. The molecule has 0 aliphatic rings. The summed E-state index contributed by atoms with van der Waals surface area (Å²) in [5, 5.41) is 2.01. The van der Waals surface area contributed by atoms with Crippen molar-refractivity contribution in [1.82, 2.24) is 0 Å². The molecule has 3 aromatic rings. The van der Waals surface area contributed by atoms with Gasteiger partial charge in [0.2, 0.25) is 0 Å². The number of nitrogens with one attached hydrogen (secondary N) is 1. The van der Waals surface area contributed by atoms with Gasteiger partial charge in [-0.25, -0.2) is 0 Å². The Morgan fingerprint density at radius 1 is 0.926 bits per heavy atom. The molecule has 0 aromatic heterocycles. The molecule has 0 aliphatic carbocycles. The van der Waals surface area contributed by atoms with Crippen LogP contribution >= 0.6 is 11.6 Å². The van der Waals surface area contributed by atoms with E-state index in [4.69, 9.17) is 11.6 Å². The molecule has 3 aromatic carbocycles. The molecule has 0 amide bonds. The van der Waals surface area contributed by atoms with Crippen molar-refractivity contribution in [3.63, 3.8) is 0 Å². The molecule has 3 nitrogen and oxygen atoms in total. The van der Waals surface area contributed by atoms with Crippen LogP contribution in [0.4, 0.5) is 18.9 Å². The second kappa shape index (κ2) is 7.25. The lowest BCUT2D eigenvalue weighted by Crippen LogP contribution is -2.29. The predicted molar refractivity (Wildman–Crippen MR) is 103 cm³/mol. The summed E-state index contributed by atoms with van der Waals surface area (Å²) in [6, 6.07) is 16.8. The molecule has 0 aliphatic heterocycles. The third kappa shape index (κ3) is 4.43. The molecular formula is C19H13ClF3NO2S. The first-order chi connectivity index (χ1) is 12.7. The minimum Gasteiger partial charge on any atom is -0.276 e. The van der Waals surface area contributed by atoms with Gasteiger partial charge in [-0.05, 0) is 46.2 Å². The maximum absolute atomic E-state index is 12.5. The summed E-state index contributed by atoms with van der Waals surface area (Å²) in [4.78, 5) is 0. The average Bonchev–Trinajstić information content (AvgIpc) is 2.59. The van der Waals surface area contributed by atoms with Gasteiger partial charge in [-0.1, -0.05) is 60.2 Å². The summed E-state index contributed by atoms with van der Waals surface area (Å²) in [5.41, 5.74) is -3.75. The topological polar surface area (TPSA) is 46.2 Å². The third-order valence-electron chi connectivity index (χ3n) is 3.80. The monoisotopic (exact) mass is 411 g/mol. The molecule has 3 rings (SSSR count). The Kier molecular flexibility index (Phi) is 5.17. The van der Waals surface area contributed by atoms with Gasteiger partial charge >= 0.3 is 15.5 Å². The molecule has 0 saturated carbocycles. The fourth-order valence-corrected chi connectivity index (χ4v) is 3.17. The van der Waals surface area contributed by atoms with Gasteiger partial charge in [0.1, 0.15) is 0 Å². The van der Waals surface area contributed by atoms with E-state index in [2.05, 4.69) is 0 Å². The number of rotatable bonds is 4. The second-order valence-electron chi connectivity index (χ2n) is 5.72. The molecular weight excluding hydrogens is 399 g/mol. The quantitative estimate of drug-likeness (QED) is 0.541. The molecule has 1 N–H and O–H groups in total. The maximum atomic E-state index is 12.5. The van der Waals surface area contributed by atoms with Gasteiger partial charge in [-0.2, -0.15) is 21.6 Å². The van der Waals surface area contributed by atoms with Crippen molar-refractivity contribution in [1.29, 1.82) is 0 Å². The second-order valence-corrected chi connectivity index (χ2v) is 7.83. The van der Waals surface area contributed by atoms with E-state index >= 15 is 0 Å². The van der Waals surface area contributed by atoms with Crippen LogP contribution in [0, 0.1) is 0 Å². The van der Waals surface area contributed by atoms with Crippen molar-refractivity contribution in [3.05, 3.63) is 76.8 Å². The first-order valence-electron chi connectivity index (χ1n) is 7.71. The standard InChI is InChI=1S/C19H13ClF3NO2S/c20-16-8-5-13(6-9-16)4-7-14-2-1-3-15-12-17(10-11-18(14)15)24-27(25,26)19(21,22)23/h1-12,24H/b7-4+. The van der Waals surface area contributed by atoms with Crippen LogP contribution in [0.25, 0.3) is 22.9 Å². The number of anilines is 1. The number of alkyl halides is 3. The lowest BCUT2D eigenvalue weighted by atomic mass is 10.0. The Balaban J connectivity index is 1.93. The van der Waals surface area contributed by atoms with Gasteiger partial charge in [0.15, 0.2) is 0 Å². The Labute approximate surface area is 159 Å². The predicted octanol–water partition coefficient (Wildman–Crippen LogP) is 5.93. The zero-order chi connectivity index (χ0) is 19.7. The van der Waals surface area contributed by atoms with Crippen molar-refractivity contribution in [2.75, 3.05) is 4.72 Å². The van der Waals surface area contributed by atoms with Crippen molar-refractivity contribution in [2.24, 2.45) is 0 Å². The van der Waals surface area contributed by atoms with Gasteiger partial charge in [0.05, 0.1) is 0 Å². The van der Waals surface area contributed by atoms with Gasteiger partial charge in [-0.15, -0.1) is 0 Å². The Morgan fingerprint density at radius 2 is 1.63 bits per heavy atom. The van der Waals surface area contributed by atoms with E-state index in [0.29, 0.717) is 10.4 Å². The molecule has 8 heteroatoms. The van der Waals surface area contributed by atoms with E-state index in [0.717, 1.165) is 16.5 Å². The molecule has 0 saturated heterocycles. The van der Waals surface area contributed by atoms with E-state index in [1.54, 1.807) is 35.1 Å². The molecule has 0 heterocycles. The van der Waals surface area contributed by atoms with Crippen LogP contribution in [0.2, 0.25) is 5.02 Å². The highest BCUT2D eigenvalue weighted by Gasteiger charge is 2.46. The number of halogens is 4. The van der Waals surface area contributed by atoms with Crippen molar-refractivity contribution in [3.8, 4) is 0 Å². The highest BCUT2D eigenvalue weighted by Crippen LogP contribution is 2.28. The maximum Gasteiger partial charge on any atom is 0.516 e.